The highest BCUT2D eigenvalue weighted by Gasteiger charge is 2.20. The van der Waals surface area contributed by atoms with Gasteiger partial charge in [0.25, 0.3) is 0 Å². The van der Waals surface area contributed by atoms with Gasteiger partial charge in [-0.2, -0.15) is 0 Å². The molecule has 2 nitrogen and oxygen atoms in total. The fourth-order valence-electron chi connectivity index (χ4n) is 1.23. The topological polar surface area (TPSA) is 26.3 Å². The van der Waals surface area contributed by atoms with E-state index < -0.39 is 0 Å². The molecule has 0 aliphatic heterocycles. The lowest BCUT2D eigenvalue weighted by atomic mass is 9.87. The lowest BCUT2D eigenvalue weighted by molar-refractivity contribution is -0.125. The fraction of sp³-hybridized carbons (Fsp3) is 0.462. The summed E-state index contributed by atoms with van der Waals surface area (Å²) >= 11 is 0. The predicted molar refractivity (Wildman–Crippen MR) is 61.2 cm³/mol. The van der Waals surface area contributed by atoms with E-state index in [1.165, 1.54) is 0 Å². The number of methoxy groups -OCH3 is 1. The molecule has 0 bridgehead atoms. The number of rotatable bonds is 3. The number of ketones is 1. The molecular weight excluding hydrogens is 188 g/mol. The van der Waals surface area contributed by atoms with Gasteiger partial charge in [0.2, 0.25) is 0 Å². The van der Waals surface area contributed by atoms with Gasteiger partial charge in [0.15, 0.2) is 0 Å². The summed E-state index contributed by atoms with van der Waals surface area (Å²) in [6, 6.07) is 7.64. The van der Waals surface area contributed by atoms with E-state index in [9.17, 15) is 4.79 Å². The number of Topliss-reactive ketones (excluding diaryl/α,β-unsaturated/α-hetero) is 1. The number of hydrogen-bond donors (Lipinski definition) is 0. The molecule has 1 aromatic carbocycles. The van der Waals surface area contributed by atoms with E-state index in [0.717, 1.165) is 11.3 Å². The van der Waals surface area contributed by atoms with Crippen LogP contribution in [0.15, 0.2) is 24.3 Å². The average molecular weight is 206 g/mol. The van der Waals surface area contributed by atoms with Gasteiger partial charge in [-0.15, -0.1) is 0 Å². The van der Waals surface area contributed by atoms with Crippen LogP contribution in [0.4, 0.5) is 0 Å². The smallest absolute Gasteiger partial charge is 0.142 e. The number of ether oxygens (including phenoxy) is 1. The number of hydrogen-bond acceptors (Lipinski definition) is 2. The van der Waals surface area contributed by atoms with Crippen LogP contribution < -0.4 is 4.74 Å². The molecule has 0 amide bonds. The SMILES string of the molecule is COc1cccc(CC(=O)C(C)(C)C)c1. The first-order valence-electron chi connectivity index (χ1n) is 5.09. The van der Waals surface area contributed by atoms with Crippen molar-refractivity contribution in [2.45, 2.75) is 27.2 Å². The van der Waals surface area contributed by atoms with E-state index in [2.05, 4.69) is 0 Å². The molecule has 0 heterocycles. The zero-order valence-corrected chi connectivity index (χ0v) is 9.83. The maximum absolute atomic E-state index is 11.8. The van der Waals surface area contributed by atoms with Gasteiger partial charge in [0.05, 0.1) is 7.11 Å². The molecular formula is C13H18O2. The summed E-state index contributed by atoms with van der Waals surface area (Å²) in [4.78, 5) is 11.8. The van der Waals surface area contributed by atoms with E-state index in [4.69, 9.17) is 4.74 Å². The van der Waals surface area contributed by atoms with Crippen LogP contribution in [0.5, 0.6) is 5.75 Å². The Morgan fingerprint density at radius 1 is 1.33 bits per heavy atom. The van der Waals surface area contributed by atoms with Gasteiger partial charge in [-0.3, -0.25) is 4.79 Å². The monoisotopic (exact) mass is 206 g/mol. The third-order valence-electron chi connectivity index (χ3n) is 2.34. The van der Waals surface area contributed by atoms with Crippen molar-refractivity contribution < 1.29 is 9.53 Å². The molecule has 0 aliphatic rings. The van der Waals surface area contributed by atoms with Crippen LogP contribution >= 0.6 is 0 Å². The molecule has 0 aliphatic carbocycles. The van der Waals surface area contributed by atoms with Crippen molar-refractivity contribution >= 4 is 5.78 Å². The van der Waals surface area contributed by atoms with Crippen LogP contribution in [-0.2, 0) is 11.2 Å². The summed E-state index contributed by atoms with van der Waals surface area (Å²) in [6.07, 6.45) is 0.473. The van der Waals surface area contributed by atoms with Gasteiger partial charge < -0.3 is 4.74 Å². The molecule has 82 valence electrons. The second-order valence-corrected chi connectivity index (χ2v) is 4.70. The normalized spacial score (nSPS) is 11.2. The van der Waals surface area contributed by atoms with E-state index in [0.29, 0.717) is 6.42 Å². The number of carbonyl (C=O) groups excluding carboxylic acids is 1. The Hall–Kier alpha value is -1.31. The van der Waals surface area contributed by atoms with Gasteiger partial charge in [0, 0.05) is 11.8 Å². The zero-order valence-electron chi connectivity index (χ0n) is 9.83. The molecule has 2 heteroatoms. The summed E-state index contributed by atoms with van der Waals surface area (Å²) in [7, 11) is 1.63. The highest BCUT2D eigenvalue weighted by molar-refractivity contribution is 5.85. The second kappa shape index (κ2) is 4.47. The Kier molecular flexibility index (Phi) is 3.51. The standard InChI is InChI=1S/C13H18O2/c1-13(2,3)12(14)9-10-6-5-7-11(8-10)15-4/h5-8H,9H2,1-4H3. The minimum atomic E-state index is -0.275. The van der Waals surface area contributed by atoms with E-state index >= 15 is 0 Å². The molecule has 0 atom stereocenters. The number of benzene rings is 1. The van der Waals surface area contributed by atoms with E-state index in [1.807, 2.05) is 45.0 Å². The van der Waals surface area contributed by atoms with Crippen molar-refractivity contribution in [3.63, 3.8) is 0 Å². The Morgan fingerprint density at radius 3 is 2.53 bits per heavy atom. The lowest BCUT2D eigenvalue weighted by Gasteiger charge is -2.16. The van der Waals surface area contributed by atoms with Crippen LogP contribution in [0, 0.1) is 5.41 Å². The summed E-state index contributed by atoms with van der Waals surface area (Å²) in [5, 5.41) is 0. The Morgan fingerprint density at radius 2 is 2.00 bits per heavy atom. The summed E-state index contributed by atoms with van der Waals surface area (Å²) in [5.41, 5.74) is 0.734. The molecule has 0 fully saturated rings. The van der Waals surface area contributed by atoms with Crippen molar-refractivity contribution in [2.24, 2.45) is 5.41 Å². The quantitative estimate of drug-likeness (QED) is 0.760. The highest BCUT2D eigenvalue weighted by Crippen LogP contribution is 2.19. The molecule has 0 spiro atoms. The third-order valence-corrected chi connectivity index (χ3v) is 2.34. The van der Waals surface area contributed by atoms with E-state index in [1.54, 1.807) is 7.11 Å². The molecule has 15 heavy (non-hydrogen) atoms. The van der Waals surface area contributed by atoms with Crippen molar-refractivity contribution in [1.82, 2.24) is 0 Å². The summed E-state index contributed by atoms with van der Waals surface area (Å²) in [5.74, 6) is 1.05. The van der Waals surface area contributed by atoms with Crippen LogP contribution in [-0.4, -0.2) is 12.9 Å². The molecule has 1 rings (SSSR count). The van der Waals surface area contributed by atoms with Gasteiger partial charge >= 0.3 is 0 Å². The third kappa shape index (κ3) is 3.39. The molecule has 0 saturated heterocycles. The minimum Gasteiger partial charge on any atom is -0.497 e. The van der Waals surface area contributed by atoms with Crippen molar-refractivity contribution in [2.75, 3.05) is 7.11 Å². The predicted octanol–water partition coefficient (Wildman–Crippen LogP) is 2.85. The first-order chi connectivity index (χ1) is 6.93. The first-order valence-corrected chi connectivity index (χ1v) is 5.09. The fourth-order valence-corrected chi connectivity index (χ4v) is 1.23. The van der Waals surface area contributed by atoms with Gasteiger partial charge in [-0.05, 0) is 17.7 Å². The summed E-state index contributed by atoms with van der Waals surface area (Å²) < 4.78 is 5.11. The van der Waals surface area contributed by atoms with Crippen LogP contribution in [0.1, 0.15) is 26.3 Å². The van der Waals surface area contributed by atoms with Crippen LogP contribution in [0.25, 0.3) is 0 Å². The summed E-state index contributed by atoms with van der Waals surface area (Å²) in [6.45, 7) is 5.82. The van der Waals surface area contributed by atoms with Crippen LogP contribution in [0.2, 0.25) is 0 Å². The van der Waals surface area contributed by atoms with Gasteiger partial charge in [0.1, 0.15) is 11.5 Å². The maximum atomic E-state index is 11.8. The highest BCUT2D eigenvalue weighted by atomic mass is 16.5. The Labute approximate surface area is 91.3 Å². The largest absolute Gasteiger partial charge is 0.497 e. The van der Waals surface area contributed by atoms with Crippen molar-refractivity contribution in [3.8, 4) is 5.75 Å². The van der Waals surface area contributed by atoms with Crippen LogP contribution in [0.3, 0.4) is 0 Å². The molecule has 0 radical (unpaired) electrons. The van der Waals surface area contributed by atoms with Crippen molar-refractivity contribution in [1.29, 1.82) is 0 Å². The Bertz CT molecular complexity index is 348. The average Bonchev–Trinajstić information content (AvgIpc) is 2.16. The minimum absolute atomic E-state index is 0.246. The molecule has 0 unspecified atom stereocenters. The zero-order chi connectivity index (χ0) is 11.5. The maximum Gasteiger partial charge on any atom is 0.142 e. The van der Waals surface area contributed by atoms with Gasteiger partial charge in [-0.25, -0.2) is 0 Å². The molecule has 1 aromatic rings. The molecule has 0 aromatic heterocycles. The first kappa shape index (κ1) is 11.8. The van der Waals surface area contributed by atoms with E-state index in [-0.39, 0.29) is 11.2 Å². The van der Waals surface area contributed by atoms with Crippen molar-refractivity contribution in [3.05, 3.63) is 29.8 Å². The molecule has 0 saturated carbocycles. The van der Waals surface area contributed by atoms with Gasteiger partial charge in [-0.1, -0.05) is 32.9 Å². The second-order valence-electron chi connectivity index (χ2n) is 4.70. The number of carbonyl (C=O) groups is 1. The molecule has 0 N–H and O–H groups in total. The Balaban J connectivity index is 2.77. The lowest BCUT2D eigenvalue weighted by Crippen LogP contribution is -2.22.